The summed E-state index contributed by atoms with van der Waals surface area (Å²) in [6.45, 7) is 0. The van der Waals surface area contributed by atoms with Gasteiger partial charge in [-0.15, -0.1) is 0 Å². The van der Waals surface area contributed by atoms with Crippen molar-refractivity contribution in [2.75, 3.05) is 0 Å². The largest absolute Gasteiger partial charge is 0.292 e. The Morgan fingerprint density at radius 2 is 0.945 bits per heavy atom. The van der Waals surface area contributed by atoms with E-state index in [1.807, 2.05) is 0 Å². The molecule has 5 heteroatoms. The van der Waals surface area contributed by atoms with Gasteiger partial charge in [-0.25, -0.2) is 4.98 Å². The number of benzene rings is 8. The normalized spacial score (nSPS) is 11.6. The van der Waals surface area contributed by atoms with E-state index in [-0.39, 0.29) is 0 Å². The van der Waals surface area contributed by atoms with Crippen LogP contribution in [-0.2, 0) is 0 Å². The fourth-order valence-electron chi connectivity index (χ4n) is 8.20. The quantitative estimate of drug-likeness (QED) is 0.125. The van der Waals surface area contributed by atoms with Crippen LogP contribution in [-0.4, -0.2) is 18.5 Å². The zero-order chi connectivity index (χ0) is 36.3. The first-order valence-electron chi connectivity index (χ1n) is 18.6. The Labute approximate surface area is 317 Å². The predicted octanol–water partition coefficient (Wildman–Crippen LogP) is 11.5. The van der Waals surface area contributed by atoms with E-state index >= 15 is 0 Å². The third-order valence-electron chi connectivity index (χ3n) is 10.7. The molecule has 0 unspecified atom stereocenters. The summed E-state index contributed by atoms with van der Waals surface area (Å²) in [6, 6.07) is 70.7. The van der Waals surface area contributed by atoms with Gasteiger partial charge in [0, 0.05) is 11.3 Å². The molecule has 0 amide bonds. The number of hydrogen-bond donors (Lipinski definition) is 0. The molecular formula is C50H33N5. The maximum absolute atomic E-state index is 5.39. The number of aromatic nitrogens is 5. The standard InChI is InChI=1S/C50H33N5/c1-4-17-35(18-5-1)41-26-15-27-42(36-19-6-2-7-20-36)49(41)53-34-52(43-28-10-11-29-44(43)53)39-24-14-21-37(33-39)40-25-16-32-47-48(40)51-50-54(38-22-8-3-9-23-38)45-30-12-13-31-46(45)55(47)50/h1-33H. The van der Waals surface area contributed by atoms with Crippen molar-refractivity contribution in [1.82, 2.24) is 18.5 Å². The molecule has 0 spiro atoms. The fraction of sp³-hybridized carbons (Fsp3) is 0. The van der Waals surface area contributed by atoms with Gasteiger partial charge in [-0.3, -0.25) is 18.1 Å². The maximum atomic E-state index is 5.39. The molecule has 0 N–H and O–H groups in total. The molecule has 3 aromatic heterocycles. The van der Waals surface area contributed by atoms with Crippen molar-refractivity contribution in [1.29, 1.82) is 0 Å². The van der Waals surface area contributed by atoms with Crippen LogP contribution in [0.1, 0.15) is 0 Å². The number of fused-ring (bicyclic) bond motifs is 6. The van der Waals surface area contributed by atoms with Crippen LogP contribution in [0.4, 0.5) is 0 Å². The van der Waals surface area contributed by atoms with Crippen molar-refractivity contribution < 1.29 is 4.57 Å². The van der Waals surface area contributed by atoms with Crippen LogP contribution in [0.5, 0.6) is 0 Å². The van der Waals surface area contributed by atoms with Crippen molar-refractivity contribution in [2.24, 2.45) is 0 Å². The Balaban J connectivity index is 1.11. The Morgan fingerprint density at radius 3 is 1.67 bits per heavy atom. The zero-order valence-electron chi connectivity index (χ0n) is 29.8. The van der Waals surface area contributed by atoms with E-state index in [1.54, 1.807) is 0 Å². The summed E-state index contributed by atoms with van der Waals surface area (Å²) in [5.41, 5.74) is 16.4. The van der Waals surface area contributed by atoms with E-state index in [1.165, 1.54) is 0 Å². The smallest absolute Gasteiger partial charge is 0.269 e. The van der Waals surface area contributed by atoms with Crippen LogP contribution in [0, 0.1) is 6.33 Å². The van der Waals surface area contributed by atoms with Crippen molar-refractivity contribution >= 4 is 38.9 Å². The van der Waals surface area contributed by atoms with Gasteiger partial charge in [0.05, 0.1) is 44.5 Å². The molecule has 55 heavy (non-hydrogen) atoms. The first-order chi connectivity index (χ1) is 27.3. The zero-order valence-corrected chi connectivity index (χ0v) is 29.8. The highest BCUT2D eigenvalue weighted by Crippen LogP contribution is 2.36. The molecular weight excluding hydrogens is 671 g/mol. The van der Waals surface area contributed by atoms with Gasteiger partial charge in [0.15, 0.2) is 0 Å². The molecule has 11 aromatic rings. The number of imidazole rings is 3. The molecule has 0 saturated heterocycles. The van der Waals surface area contributed by atoms with E-state index in [0.29, 0.717) is 0 Å². The molecule has 0 aliphatic rings. The molecule has 0 bridgehead atoms. The second kappa shape index (κ2) is 12.6. The number of nitrogens with zero attached hydrogens (tertiary/aromatic N) is 5. The molecule has 11 rings (SSSR count). The molecule has 0 saturated carbocycles. The van der Waals surface area contributed by atoms with Crippen molar-refractivity contribution in [3.05, 3.63) is 207 Å². The molecule has 0 aliphatic heterocycles. The topological polar surface area (TPSA) is 31.0 Å². The van der Waals surface area contributed by atoms with Gasteiger partial charge >= 0.3 is 0 Å². The monoisotopic (exact) mass is 703 g/mol. The van der Waals surface area contributed by atoms with Crippen LogP contribution in [0.15, 0.2) is 200 Å². The molecule has 8 aromatic carbocycles. The van der Waals surface area contributed by atoms with Crippen LogP contribution in [0.2, 0.25) is 0 Å². The number of para-hydroxylation sites is 7. The van der Waals surface area contributed by atoms with Crippen LogP contribution >= 0.6 is 0 Å². The second-order valence-corrected chi connectivity index (χ2v) is 13.8. The second-order valence-electron chi connectivity index (χ2n) is 13.8. The number of rotatable bonds is 6. The summed E-state index contributed by atoms with van der Waals surface area (Å²) < 4.78 is 8.97. The Kier molecular flexibility index (Phi) is 7.10. The minimum atomic E-state index is 0.892. The number of hydrogen-bond acceptors (Lipinski definition) is 1. The van der Waals surface area contributed by atoms with Gasteiger partial charge in [0.25, 0.3) is 6.33 Å². The lowest BCUT2D eigenvalue weighted by Gasteiger charge is -2.17. The molecule has 0 radical (unpaired) electrons. The summed E-state index contributed by atoms with van der Waals surface area (Å²) in [5.74, 6) is 0.892. The minimum absolute atomic E-state index is 0.892. The fourth-order valence-corrected chi connectivity index (χ4v) is 8.20. The van der Waals surface area contributed by atoms with Gasteiger partial charge in [0.1, 0.15) is 0 Å². The summed E-state index contributed by atoms with van der Waals surface area (Å²) >= 11 is 0. The SMILES string of the molecule is [c-]1n(-c2cccc(-c3cccc4c3nc3n(-c5ccccc5)c5ccccc5n43)c2)c2ccccc2[n+]1-c1c(-c2ccccc2)cccc1-c1ccccc1. The van der Waals surface area contributed by atoms with Gasteiger partial charge in [-0.1, -0.05) is 158 Å². The van der Waals surface area contributed by atoms with E-state index < -0.39 is 0 Å². The van der Waals surface area contributed by atoms with Crippen LogP contribution in [0.3, 0.4) is 0 Å². The Bertz CT molecular complexity index is 3130. The molecule has 0 atom stereocenters. The molecule has 0 fully saturated rings. The average molecular weight is 704 g/mol. The summed E-state index contributed by atoms with van der Waals surface area (Å²) in [5, 5.41) is 0. The van der Waals surface area contributed by atoms with E-state index in [2.05, 4.69) is 225 Å². The molecule has 3 heterocycles. The van der Waals surface area contributed by atoms with Crippen LogP contribution in [0.25, 0.3) is 89.3 Å². The summed E-state index contributed by atoms with van der Waals surface area (Å²) in [7, 11) is 0. The van der Waals surface area contributed by atoms with Gasteiger partial charge in [-0.2, -0.15) is 0 Å². The van der Waals surface area contributed by atoms with Crippen molar-refractivity contribution in [3.8, 4) is 50.4 Å². The molecule has 0 aliphatic carbocycles. The van der Waals surface area contributed by atoms with Gasteiger partial charge in [0.2, 0.25) is 5.78 Å². The van der Waals surface area contributed by atoms with Gasteiger partial charge < -0.3 is 0 Å². The Hall–Kier alpha value is -7.50. The average Bonchev–Trinajstić information content (AvgIpc) is 3.94. The highest BCUT2D eigenvalue weighted by atomic mass is 15.2. The summed E-state index contributed by atoms with van der Waals surface area (Å²) in [6.07, 6.45) is 3.83. The maximum Gasteiger partial charge on any atom is 0.269 e. The lowest BCUT2D eigenvalue weighted by Crippen LogP contribution is -2.31. The van der Waals surface area contributed by atoms with Crippen LogP contribution < -0.4 is 4.57 Å². The lowest BCUT2D eigenvalue weighted by atomic mass is 9.95. The highest BCUT2D eigenvalue weighted by molar-refractivity contribution is 5.99. The predicted molar refractivity (Wildman–Crippen MR) is 223 cm³/mol. The lowest BCUT2D eigenvalue weighted by molar-refractivity contribution is -0.571. The van der Waals surface area contributed by atoms with E-state index in [4.69, 9.17) is 4.98 Å². The third kappa shape index (κ3) is 4.94. The highest BCUT2D eigenvalue weighted by Gasteiger charge is 2.21. The Morgan fingerprint density at radius 1 is 0.418 bits per heavy atom. The van der Waals surface area contributed by atoms with Gasteiger partial charge in [-0.05, 0) is 70.3 Å². The molecule has 258 valence electrons. The van der Waals surface area contributed by atoms with E-state index in [0.717, 1.165) is 89.3 Å². The third-order valence-corrected chi connectivity index (χ3v) is 10.7. The van der Waals surface area contributed by atoms with Crippen molar-refractivity contribution in [3.63, 3.8) is 0 Å². The first kappa shape index (κ1) is 31.1. The summed E-state index contributed by atoms with van der Waals surface area (Å²) in [4.78, 5) is 5.39. The molecule has 5 nitrogen and oxygen atoms in total. The van der Waals surface area contributed by atoms with Crippen molar-refractivity contribution in [2.45, 2.75) is 0 Å². The first-order valence-corrected chi connectivity index (χ1v) is 18.6. The minimum Gasteiger partial charge on any atom is -0.292 e. The van der Waals surface area contributed by atoms with E-state index in [9.17, 15) is 0 Å².